The minimum absolute atomic E-state index is 0.0209. The van der Waals surface area contributed by atoms with Crippen molar-refractivity contribution < 1.29 is 14.3 Å². The van der Waals surface area contributed by atoms with Crippen LogP contribution in [0, 0.1) is 0 Å². The number of para-hydroxylation sites is 1. The van der Waals surface area contributed by atoms with Gasteiger partial charge in [0.05, 0.1) is 13.2 Å². The molecule has 1 heterocycles. The van der Waals surface area contributed by atoms with Gasteiger partial charge in [0.15, 0.2) is 0 Å². The van der Waals surface area contributed by atoms with Gasteiger partial charge >= 0.3 is 6.03 Å². The van der Waals surface area contributed by atoms with E-state index in [-0.39, 0.29) is 6.03 Å². The molecule has 0 aliphatic carbocycles. The maximum atomic E-state index is 12.2. The lowest BCUT2D eigenvalue weighted by molar-refractivity contribution is -0.0463. The first-order valence-corrected chi connectivity index (χ1v) is 8.89. The third-order valence-corrected chi connectivity index (χ3v) is 4.06. The summed E-state index contributed by atoms with van der Waals surface area (Å²) in [6.07, 6.45) is 4.89. The SMILES string of the molecule is C/C=C\COCOCCCN1CCN(C(=O)Nc2ccccc2)CC1. The van der Waals surface area contributed by atoms with Gasteiger partial charge in [-0.2, -0.15) is 0 Å². The van der Waals surface area contributed by atoms with Crippen molar-refractivity contribution in [3.63, 3.8) is 0 Å². The molecule has 1 fully saturated rings. The number of urea groups is 1. The van der Waals surface area contributed by atoms with Crippen LogP contribution in [0.3, 0.4) is 0 Å². The molecule has 0 saturated carbocycles. The second kappa shape index (κ2) is 11.6. The minimum Gasteiger partial charge on any atom is -0.355 e. The van der Waals surface area contributed by atoms with Crippen molar-refractivity contribution in [2.45, 2.75) is 13.3 Å². The molecule has 2 rings (SSSR count). The zero-order valence-electron chi connectivity index (χ0n) is 15.0. The monoisotopic (exact) mass is 347 g/mol. The fourth-order valence-corrected chi connectivity index (χ4v) is 2.62. The van der Waals surface area contributed by atoms with Crippen LogP contribution in [-0.4, -0.2) is 68.6 Å². The summed E-state index contributed by atoms with van der Waals surface area (Å²) in [5, 5.41) is 2.94. The number of benzene rings is 1. The van der Waals surface area contributed by atoms with E-state index in [1.165, 1.54) is 0 Å². The minimum atomic E-state index is -0.0209. The Hall–Kier alpha value is -1.89. The molecule has 6 nitrogen and oxygen atoms in total. The predicted molar refractivity (Wildman–Crippen MR) is 99.7 cm³/mol. The molecule has 1 N–H and O–H groups in total. The number of piperazine rings is 1. The fourth-order valence-electron chi connectivity index (χ4n) is 2.62. The largest absolute Gasteiger partial charge is 0.355 e. The van der Waals surface area contributed by atoms with Crippen molar-refractivity contribution in [1.29, 1.82) is 0 Å². The molecule has 0 aromatic heterocycles. The van der Waals surface area contributed by atoms with Crippen molar-refractivity contribution in [3.05, 3.63) is 42.5 Å². The molecule has 138 valence electrons. The standard InChI is InChI=1S/C19H29N3O3/c1-2-3-15-24-17-25-16-7-10-21-11-13-22(14-12-21)19(23)20-18-8-5-4-6-9-18/h2-6,8-9H,7,10-17H2,1H3,(H,20,23)/b3-2-. The normalized spacial score (nSPS) is 15.6. The van der Waals surface area contributed by atoms with Gasteiger partial charge in [0, 0.05) is 38.4 Å². The van der Waals surface area contributed by atoms with E-state index in [0.29, 0.717) is 20.0 Å². The Bertz CT molecular complexity index is 514. The number of ether oxygens (including phenoxy) is 2. The van der Waals surface area contributed by atoms with E-state index >= 15 is 0 Å². The topological polar surface area (TPSA) is 54.0 Å². The van der Waals surface area contributed by atoms with Crippen molar-refractivity contribution in [3.8, 4) is 0 Å². The molecule has 1 aliphatic rings. The number of nitrogens with one attached hydrogen (secondary N) is 1. The Morgan fingerprint density at radius 2 is 1.92 bits per heavy atom. The number of hydrogen-bond acceptors (Lipinski definition) is 4. The molecule has 25 heavy (non-hydrogen) atoms. The van der Waals surface area contributed by atoms with Gasteiger partial charge in [0.2, 0.25) is 0 Å². The first-order valence-electron chi connectivity index (χ1n) is 8.89. The van der Waals surface area contributed by atoms with Gasteiger partial charge in [-0.1, -0.05) is 30.4 Å². The number of amides is 2. The summed E-state index contributed by atoms with van der Waals surface area (Å²) in [7, 11) is 0. The third kappa shape index (κ3) is 7.69. The summed E-state index contributed by atoms with van der Waals surface area (Å²) in [6.45, 7) is 7.92. The molecule has 0 unspecified atom stereocenters. The van der Waals surface area contributed by atoms with Gasteiger partial charge in [-0.3, -0.25) is 4.90 Å². The van der Waals surface area contributed by atoms with E-state index in [1.54, 1.807) is 0 Å². The van der Waals surface area contributed by atoms with Crippen LogP contribution in [0.5, 0.6) is 0 Å². The smallest absolute Gasteiger partial charge is 0.321 e. The van der Waals surface area contributed by atoms with E-state index in [1.807, 2.05) is 54.3 Å². The summed E-state index contributed by atoms with van der Waals surface area (Å²) in [5.41, 5.74) is 0.837. The molecule has 6 heteroatoms. The van der Waals surface area contributed by atoms with Gasteiger partial charge in [0.25, 0.3) is 0 Å². The van der Waals surface area contributed by atoms with Gasteiger partial charge in [0.1, 0.15) is 6.79 Å². The fraction of sp³-hybridized carbons (Fsp3) is 0.526. The van der Waals surface area contributed by atoms with Gasteiger partial charge in [-0.05, 0) is 25.5 Å². The quantitative estimate of drug-likeness (QED) is 0.424. The second-order valence-electron chi connectivity index (χ2n) is 5.94. The summed E-state index contributed by atoms with van der Waals surface area (Å²) in [4.78, 5) is 16.5. The van der Waals surface area contributed by atoms with Crippen molar-refractivity contribution in [1.82, 2.24) is 9.80 Å². The molecule has 0 radical (unpaired) electrons. The van der Waals surface area contributed by atoms with Crippen molar-refractivity contribution >= 4 is 11.7 Å². The Morgan fingerprint density at radius 3 is 2.64 bits per heavy atom. The van der Waals surface area contributed by atoms with Crippen LogP contribution in [0.1, 0.15) is 13.3 Å². The van der Waals surface area contributed by atoms with Crippen LogP contribution in [0.15, 0.2) is 42.5 Å². The van der Waals surface area contributed by atoms with Gasteiger partial charge in [-0.25, -0.2) is 4.79 Å². The Kier molecular flexibility index (Phi) is 9.04. The van der Waals surface area contributed by atoms with E-state index < -0.39 is 0 Å². The molecule has 1 saturated heterocycles. The average molecular weight is 347 g/mol. The highest BCUT2D eigenvalue weighted by molar-refractivity contribution is 5.89. The summed E-state index contributed by atoms with van der Waals surface area (Å²) in [6, 6.07) is 9.55. The first-order chi connectivity index (χ1) is 12.3. The van der Waals surface area contributed by atoms with E-state index in [2.05, 4.69) is 10.2 Å². The Labute approximate surface area is 150 Å². The Morgan fingerprint density at radius 1 is 1.16 bits per heavy atom. The molecule has 1 aliphatic heterocycles. The second-order valence-corrected chi connectivity index (χ2v) is 5.94. The van der Waals surface area contributed by atoms with E-state index in [4.69, 9.17) is 9.47 Å². The molecule has 1 aromatic carbocycles. The van der Waals surface area contributed by atoms with Gasteiger partial charge < -0.3 is 19.7 Å². The number of rotatable bonds is 9. The number of carbonyl (C=O) groups excluding carboxylic acids is 1. The average Bonchev–Trinajstić information content (AvgIpc) is 2.65. The maximum absolute atomic E-state index is 12.2. The number of carbonyl (C=O) groups is 1. The van der Waals surface area contributed by atoms with Crippen LogP contribution >= 0.6 is 0 Å². The number of allylic oxidation sites excluding steroid dienone is 1. The highest BCUT2D eigenvalue weighted by Gasteiger charge is 2.20. The van der Waals surface area contributed by atoms with Crippen molar-refractivity contribution in [2.75, 3.05) is 58.0 Å². The molecular formula is C19H29N3O3. The van der Waals surface area contributed by atoms with Crippen LogP contribution in [0.4, 0.5) is 10.5 Å². The van der Waals surface area contributed by atoms with Crippen LogP contribution < -0.4 is 5.32 Å². The lowest BCUT2D eigenvalue weighted by Crippen LogP contribution is -2.50. The summed E-state index contributed by atoms with van der Waals surface area (Å²) >= 11 is 0. The highest BCUT2D eigenvalue weighted by atomic mass is 16.7. The zero-order chi connectivity index (χ0) is 17.7. The molecular weight excluding hydrogens is 318 g/mol. The van der Waals surface area contributed by atoms with E-state index in [0.717, 1.165) is 44.8 Å². The zero-order valence-corrected chi connectivity index (χ0v) is 15.0. The molecule has 0 spiro atoms. The number of nitrogens with zero attached hydrogens (tertiary/aromatic N) is 2. The van der Waals surface area contributed by atoms with E-state index in [9.17, 15) is 4.79 Å². The van der Waals surface area contributed by atoms with Crippen LogP contribution in [0.2, 0.25) is 0 Å². The summed E-state index contributed by atoms with van der Waals surface area (Å²) in [5.74, 6) is 0. The lowest BCUT2D eigenvalue weighted by atomic mass is 10.3. The number of hydrogen-bond donors (Lipinski definition) is 1. The molecule has 0 atom stereocenters. The van der Waals surface area contributed by atoms with Crippen LogP contribution in [-0.2, 0) is 9.47 Å². The summed E-state index contributed by atoms with van der Waals surface area (Å²) < 4.78 is 10.7. The lowest BCUT2D eigenvalue weighted by Gasteiger charge is -2.34. The predicted octanol–water partition coefficient (Wildman–Crippen LogP) is 2.79. The third-order valence-electron chi connectivity index (χ3n) is 4.06. The van der Waals surface area contributed by atoms with Crippen molar-refractivity contribution in [2.24, 2.45) is 0 Å². The Balaban J connectivity index is 1.53. The first kappa shape index (κ1) is 19.4. The van der Waals surface area contributed by atoms with Gasteiger partial charge in [-0.15, -0.1) is 0 Å². The maximum Gasteiger partial charge on any atom is 0.321 e. The molecule has 1 aromatic rings. The molecule has 0 bridgehead atoms. The number of anilines is 1. The molecule has 2 amide bonds. The van der Waals surface area contributed by atoms with Crippen LogP contribution in [0.25, 0.3) is 0 Å². The highest BCUT2D eigenvalue weighted by Crippen LogP contribution is 2.09.